The fourth-order valence-electron chi connectivity index (χ4n) is 1.03. The minimum absolute atomic E-state index is 0.121. The Morgan fingerprint density at radius 2 is 2.06 bits per heavy atom. The van der Waals surface area contributed by atoms with Crippen LogP contribution in [0.25, 0.3) is 0 Å². The molecule has 1 aromatic carbocycles. The van der Waals surface area contributed by atoms with Gasteiger partial charge in [0.25, 0.3) is 0 Å². The van der Waals surface area contributed by atoms with E-state index < -0.39 is 0 Å². The monoisotopic (exact) mass is 319 g/mol. The average Bonchev–Trinajstić information content (AvgIpc) is 2.31. The zero-order valence-corrected chi connectivity index (χ0v) is 11.1. The summed E-state index contributed by atoms with van der Waals surface area (Å²) in [5.74, 6) is -0.723. The van der Waals surface area contributed by atoms with E-state index in [-0.39, 0.29) is 24.9 Å². The van der Waals surface area contributed by atoms with E-state index in [1.54, 1.807) is 18.2 Å². The van der Waals surface area contributed by atoms with Gasteiger partial charge >= 0.3 is 0 Å². The highest BCUT2D eigenvalue weighted by atomic mass is 79.9. The van der Waals surface area contributed by atoms with E-state index in [1.165, 1.54) is 0 Å². The van der Waals surface area contributed by atoms with Crippen molar-refractivity contribution in [3.05, 3.63) is 27.7 Å². The topological polar surface area (TPSA) is 84.2 Å². The van der Waals surface area contributed by atoms with Crippen LogP contribution < -0.4 is 16.4 Å². The summed E-state index contributed by atoms with van der Waals surface area (Å²) < 4.78 is 0.744. The van der Waals surface area contributed by atoms with E-state index in [9.17, 15) is 9.59 Å². The highest BCUT2D eigenvalue weighted by Crippen LogP contribution is 2.25. The summed E-state index contributed by atoms with van der Waals surface area (Å²) in [6, 6.07) is 5.02. The molecule has 0 saturated carbocycles. The number of rotatable bonds is 4. The molecular formula is C10H11BrClN3O2. The Morgan fingerprint density at radius 1 is 1.35 bits per heavy atom. The van der Waals surface area contributed by atoms with Crippen LogP contribution in [0.5, 0.6) is 0 Å². The zero-order valence-electron chi connectivity index (χ0n) is 8.80. The van der Waals surface area contributed by atoms with Gasteiger partial charge in [-0.15, -0.1) is 0 Å². The van der Waals surface area contributed by atoms with Crippen molar-refractivity contribution in [3.8, 4) is 0 Å². The van der Waals surface area contributed by atoms with Crippen LogP contribution in [-0.4, -0.2) is 24.9 Å². The van der Waals surface area contributed by atoms with Gasteiger partial charge in [0.05, 0.1) is 18.1 Å². The highest BCUT2D eigenvalue weighted by Gasteiger charge is 2.05. The Kier molecular flexibility index (Phi) is 5.40. The van der Waals surface area contributed by atoms with Gasteiger partial charge in [0.15, 0.2) is 0 Å². The maximum atomic E-state index is 11.4. The van der Waals surface area contributed by atoms with Crippen LogP contribution in [0.3, 0.4) is 0 Å². The number of amides is 2. The number of halogens is 2. The van der Waals surface area contributed by atoms with Gasteiger partial charge in [-0.1, -0.05) is 11.6 Å². The maximum Gasteiger partial charge on any atom is 0.243 e. The smallest absolute Gasteiger partial charge is 0.243 e. The summed E-state index contributed by atoms with van der Waals surface area (Å²) in [6.07, 6.45) is 0. The van der Waals surface area contributed by atoms with Gasteiger partial charge in [0.2, 0.25) is 11.8 Å². The normalized spacial score (nSPS) is 9.82. The van der Waals surface area contributed by atoms with Crippen LogP contribution >= 0.6 is 27.5 Å². The predicted molar refractivity (Wildman–Crippen MR) is 69.8 cm³/mol. The fraction of sp³-hybridized carbons (Fsp3) is 0.200. The molecule has 0 aliphatic heterocycles. The minimum Gasteiger partial charge on any atom is -0.346 e. The molecule has 0 heterocycles. The van der Waals surface area contributed by atoms with E-state index in [1.807, 2.05) is 0 Å². The third-order valence-corrected chi connectivity index (χ3v) is 3.07. The Hall–Kier alpha value is -1.11. The van der Waals surface area contributed by atoms with Crippen molar-refractivity contribution in [3.63, 3.8) is 0 Å². The predicted octanol–water partition coefficient (Wildman–Crippen LogP) is 1.12. The molecule has 92 valence electrons. The Morgan fingerprint density at radius 3 is 2.65 bits per heavy atom. The Balaban J connectivity index is 2.50. The van der Waals surface area contributed by atoms with Gasteiger partial charge in [-0.05, 0) is 34.1 Å². The van der Waals surface area contributed by atoms with Crippen LogP contribution in [0.1, 0.15) is 0 Å². The summed E-state index contributed by atoms with van der Waals surface area (Å²) in [4.78, 5) is 22.2. The number of nitrogens with two attached hydrogens (primary N) is 1. The SMILES string of the molecule is NCC(=O)NCC(=O)Nc1ccc(Br)c(Cl)c1. The first kappa shape index (κ1) is 14.0. The van der Waals surface area contributed by atoms with E-state index in [0.29, 0.717) is 10.7 Å². The number of anilines is 1. The van der Waals surface area contributed by atoms with E-state index in [0.717, 1.165) is 4.47 Å². The molecule has 5 nitrogen and oxygen atoms in total. The molecule has 0 spiro atoms. The molecule has 0 saturated heterocycles. The second-order valence-corrected chi connectivity index (χ2v) is 4.42. The van der Waals surface area contributed by atoms with Gasteiger partial charge in [0, 0.05) is 10.2 Å². The molecule has 0 unspecified atom stereocenters. The van der Waals surface area contributed by atoms with Crippen molar-refractivity contribution in [1.29, 1.82) is 0 Å². The van der Waals surface area contributed by atoms with Crippen molar-refractivity contribution in [2.45, 2.75) is 0 Å². The standard InChI is InChI=1S/C10H11BrClN3O2/c11-7-2-1-6(3-8(7)12)15-10(17)5-14-9(16)4-13/h1-3H,4-5,13H2,(H,14,16)(H,15,17). The van der Waals surface area contributed by atoms with Crippen molar-refractivity contribution < 1.29 is 9.59 Å². The molecule has 0 radical (unpaired) electrons. The first-order valence-corrected chi connectivity index (χ1v) is 5.91. The lowest BCUT2D eigenvalue weighted by Gasteiger charge is -2.07. The Labute approximate surface area is 112 Å². The lowest BCUT2D eigenvalue weighted by molar-refractivity contribution is -0.123. The molecule has 0 fully saturated rings. The average molecular weight is 321 g/mol. The van der Waals surface area contributed by atoms with Gasteiger partial charge in [0.1, 0.15) is 0 Å². The van der Waals surface area contributed by atoms with E-state index in [4.69, 9.17) is 17.3 Å². The highest BCUT2D eigenvalue weighted by molar-refractivity contribution is 9.10. The first-order valence-electron chi connectivity index (χ1n) is 4.74. The number of hydrogen-bond acceptors (Lipinski definition) is 3. The minimum atomic E-state index is -0.381. The molecular weight excluding hydrogens is 309 g/mol. The van der Waals surface area contributed by atoms with Crippen LogP contribution in [0.4, 0.5) is 5.69 Å². The lowest BCUT2D eigenvalue weighted by atomic mass is 10.3. The first-order chi connectivity index (χ1) is 8.02. The van der Waals surface area contributed by atoms with Gasteiger partial charge in [-0.3, -0.25) is 9.59 Å². The fourth-order valence-corrected chi connectivity index (χ4v) is 1.46. The largest absolute Gasteiger partial charge is 0.346 e. The molecule has 0 atom stereocenters. The van der Waals surface area contributed by atoms with Crippen molar-refractivity contribution in [2.24, 2.45) is 5.73 Å². The summed E-state index contributed by atoms with van der Waals surface area (Å²) in [6.45, 7) is -0.263. The molecule has 1 aromatic rings. The molecule has 1 rings (SSSR count). The number of hydrogen-bond donors (Lipinski definition) is 3. The van der Waals surface area contributed by atoms with Gasteiger partial charge in [-0.25, -0.2) is 0 Å². The third kappa shape index (κ3) is 4.72. The molecule has 7 heteroatoms. The molecule has 0 aliphatic rings. The van der Waals surface area contributed by atoms with Crippen molar-refractivity contribution in [1.82, 2.24) is 5.32 Å². The summed E-state index contributed by atoms with van der Waals surface area (Å²) in [5, 5.41) is 5.44. The van der Waals surface area contributed by atoms with E-state index in [2.05, 4.69) is 26.6 Å². The van der Waals surface area contributed by atoms with Crippen LogP contribution in [0.15, 0.2) is 22.7 Å². The quantitative estimate of drug-likeness (QED) is 0.777. The maximum absolute atomic E-state index is 11.4. The second-order valence-electron chi connectivity index (χ2n) is 3.16. The van der Waals surface area contributed by atoms with Crippen LogP contribution in [-0.2, 0) is 9.59 Å². The molecule has 17 heavy (non-hydrogen) atoms. The van der Waals surface area contributed by atoms with Crippen LogP contribution in [0, 0.1) is 0 Å². The number of benzene rings is 1. The zero-order chi connectivity index (χ0) is 12.8. The second kappa shape index (κ2) is 6.58. The number of carbonyl (C=O) groups excluding carboxylic acids is 2. The summed E-state index contributed by atoms with van der Waals surface area (Å²) >= 11 is 9.10. The molecule has 4 N–H and O–H groups in total. The summed E-state index contributed by atoms with van der Waals surface area (Å²) in [5.41, 5.74) is 5.64. The lowest BCUT2D eigenvalue weighted by Crippen LogP contribution is -2.36. The molecule has 0 aromatic heterocycles. The van der Waals surface area contributed by atoms with Gasteiger partial charge in [-0.2, -0.15) is 0 Å². The van der Waals surface area contributed by atoms with Gasteiger partial charge < -0.3 is 16.4 Å². The number of carbonyl (C=O) groups is 2. The molecule has 2 amide bonds. The Bertz CT molecular complexity index is 440. The van der Waals surface area contributed by atoms with E-state index >= 15 is 0 Å². The van der Waals surface area contributed by atoms with Crippen molar-refractivity contribution in [2.75, 3.05) is 18.4 Å². The number of nitrogens with one attached hydrogen (secondary N) is 2. The third-order valence-electron chi connectivity index (χ3n) is 1.83. The molecule has 0 aliphatic carbocycles. The van der Waals surface area contributed by atoms with Crippen LogP contribution in [0.2, 0.25) is 5.02 Å². The molecule has 0 bridgehead atoms. The van der Waals surface area contributed by atoms with Crippen molar-refractivity contribution >= 4 is 45.0 Å². The summed E-state index contributed by atoms with van der Waals surface area (Å²) in [7, 11) is 0.